The third-order valence-electron chi connectivity index (χ3n) is 4.59. The fourth-order valence-electron chi connectivity index (χ4n) is 3.28. The molecule has 24 heavy (non-hydrogen) atoms. The Bertz CT molecular complexity index is 640. The van der Waals surface area contributed by atoms with Crippen molar-refractivity contribution < 1.29 is 47.0 Å². The van der Waals surface area contributed by atoms with Gasteiger partial charge >= 0.3 is 6.09 Å². The Kier molecular flexibility index (Phi) is 6.40. The van der Waals surface area contributed by atoms with Crippen molar-refractivity contribution >= 4 is 17.7 Å². The molecule has 2 heterocycles. The molecule has 3 rings (SSSR count). The number of nitrogens with two attached hydrogens (primary N) is 1. The average molecular weight is 405 g/mol. The first kappa shape index (κ1) is 19.3. The van der Waals surface area contributed by atoms with E-state index in [9.17, 15) is 9.59 Å². The minimum Gasteiger partial charge on any atom is -0.443 e. The van der Waals surface area contributed by atoms with E-state index in [-0.39, 0.29) is 56.7 Å². The molecule has 1 radical (unpaired) electrons. The number of carbonyl (C=O) groups excluding carboxylic acids is 2. The summed E-state index contributed by atoms with van der Waals surface area (Å²) in [6.07, 6.45) is 0.780. The van der Waals surface area contributed by atoms with Crippen LogP contribution in [0.4, 0.5) is 10.5 Å². The first-order valence-corrected chi connectivity index (χ1v) is 7.98. The largest absolute Gasteiger partial charge is 0.443 e. The number of aryl methyl sites for hydroxylation is 2. The molecule has 127 valence electrons. The molecule has 1 unspecified atom stereocenters. The second kappa shape index (κ2) is 7.94. The average Bonchev–Trinajstić information content (AvgIpc) is 2.91. The molecule has 2 atom stereocenters. The van der Waals surface area contributed by atoms with E-state index < -0.39 is 0 Å². The summed E-state index contributed by atoms with van der Waals surface area (Å²) in [6, 6.07) is 5.44. The van der Waals surface area contributed by atoms with Gasteiger partial charge in [-0.25, -0.2) is 4.79 Å². The van der Waals surface area contributed by atoms with Gasteiger partial charge in [-0.3, -0.25) is 4.79 Å². The SMILES string of the molecule is Cc1[c-]c(C2CCC(=O)NC2)c(C)cc1N1C[C@H](CN)OC1=O.[Y]. The van der Waals surface area contributed by atoms with Crippen molar-refractivity contribution in [2.75, 3.05) is 24.5 Å². The zero-order valence-electron chi connectivity index (χ0n) is 14.1. The van der Waals surface area contributed by atoms with Gasteiger partial charge in [0.2, 0.25) is 5.91 Å². The Balaban J connectivity index is 0.00000208. The van der Waals surface area contributed by atoms with Crippen LogP contribution in [0.5, 0.6) is 0 Å². The molecule has 2 aliphatic rings. The van der Waals surface area contributed by atoms with E-state index in [2.05, 4.69) is 11.4 Å². The molecule has 0 aliphatic carbocycles. The van der Waals surface area contributed by atoms with E-state index in [0.717, 1.165) is 28.8 Å². The fraction of sp³-hybridized carbons (Fsp3) is 0.529. The quantitative estimate of drug-likeness (QED) is 0.745. The molecule has 1 aromatic carbocycles. The summed E-state index contributed by atoms with van der Waals surface area (Å²) in [4.78, 5) is 25.0. The summed E-state index contributed by atoms with van der Waals surface area (Å²) >= 11 is 0. The fourth-order valence-corrected chi connectivity index (χ4v) is 3.28. The zero-order valence-corrected chi connectivity index (χ0v) is 16.9. The van der Waals surface area contributed by atoms with Gasteiger partial charge in [0.15, 0.2) is 0 Å². The van der Waals surface area contributed by atoms with Crippen molar-refractivity contribution in [2.24, 2.45) is 5.73 Å². The van der Waals surface area contributed by atoms with E-state index in [0.29, 0.717) is 26.1 Å². The number of piperidine rings is 1. The molecule has 1 aromatic rings. The van der Waals surface area contributed by atoms with Gasteiger partial charge in [0.05, 0.1) is 6.54 Å². The summed E-state index contributed by atoms with van der Waals surface area (Å²) in [5.74, 6) is 0.391. The molecule has 2 aliphatic heterocycles. The van der Waals surface area contributed by atoms with E-state index in [1.54, 1.807) is 4.90 Å². The second-order valence-corrected chi connectivity index (χ2v) is 6.27. The van der Waals surface area contributed by atoms with Crippen LogP contribution in [-0.2, 0) is 42.2 Å². The maximum Gasteiger partial charge on any atom is 0.403 e. The molecule has 2 fully saturated rings. The normalized spacial score (nSPS) is 23.5. The van der Waals surface area contributed by atoms with Crippen LogP contribution in [0.2, 0.25) is 0 Å². The van der Waals surface area contributed by atoms with Crippen LogP contribution in [0.25, 0.3) is 0 Å². The van der Waals surface area contributed by atoms with E-state index >= 15 is 0 Å². The minimum atomic E-state index is -0.353. The van der Waals surface area contributed by atoms with Gasteiger partial charge in [-0.2, -0.15) is 17.2 Å². The monoisotopic (exact) mass is 405 g/mol. The smallest absolute Gasteiger partial charge is 0.403 e. The number of hydrogen-bond donors (Lipinski definition) is 2. The molecule has 0 bridgehead atoms. The summed E-state index contributed by atoms with van der Waals surface area (Å²) < 4.78 is 5.23. The van der Waals surface area contributed by atoms with Crippen molar-refractivity contribution in [2.45, 2.75) is 38.7 Å². The number of hydrogen-bond acceptors (Lipinski definition) is 4. The van der Waals surface area contributed by atoms with E-state index in [4.69, 9.17) is 10.5 Å². The van der Waals surface area contributed by atoms with Crippen molar-refractivity contribution in [1.82, 2.24) is 5.32 Å². The minimum absolute atomic E-state index is 0. The predicted molar refractivity (Wildman–Crippen MR) is 86.4 cm³/mol. The molecule has 0 aromatic heterocycles. The van der Waals surface area contributed by atoms with Crippen molar-refractivity contribution in [3.05, 3.63) is 28.8 Å². The molecule has 0 saturated carbocycles. The summed E-state index contributed by atoms with van der Waals surface area (Å²) in [5.41, 5.74) is 9.53. The molecule has 2 amide bonds. The third-order valence-corrected chi connectivity index (χ3v) is 4.59. The van der Waals surface area contributed by atoms with Crippen LogP contribution in [0.15, 0.2) is 6.07 Å². The van der Waals surface area contributed by atoms with E-state index in [1.165, 1.54) is 0 Å². The number of nitrogens with zero attached hydrogens (tertiary/aromatic N) is 1. The standard InChI is InChI=1S/C17H22N3O3.Y/c1-10-6-15(20-9-13(7-18)23-17(20)22)11(2)5-14(10)12-3-4-16(21)19-8-12;/h6,12-13H,3-4,7-9,18H2,1-2H3,(H,19,21);/q-1;/t12?,13-;/m0./s1. The number of nitrogens with one attached hydrogen (secondary N) is 1. The van der Waals surface area contributed by atoms with Gasteiger partial charge in [0.1, 0.15) is 6.10 Å². The van der Waals surface area contributed by atoms with E-state index in [1.807, 2.05) is 19.9 Å². The third kappa shape index (κ3) is 3.81. The van der Waals surface area contributed by atoms with Gasteiger partial charge < -0.3 is 20.7 Å². The Hall–Kier alpha value is -0.976. The van der Waals surface area contributed by atoms with Crippen molar-refractivity contribution in [3.63, 3.8) is 0 Å². The topological polar surface area (TPSA) is 84.7 Å². The molecular weight excluding hydrogens is 383 g/mol. The van der Waals surface area contributed by atoms with Gasteiger partial charge in [-0.15, -0.1) is 11.6 Å². The Morgan fingerprint density at radius 1 is 1.42 bits per heavy atom. The first-order valence-electron chi connectivity index (χ1n) is 7.98. The van der Waals surface area contributed by atoms with Crippen LogP contribution in [0, 0.1) is 19.9 Å². The van der Waals surface area contributed by atoms with Crippen LogP contribution in [0.3, 0.4) is 0 Å². The number of carbonyl (C=O) groups is 2. The number of cyclic esters (lactones) is 1. The predicted octanol–water partition coefficient (Wildman–Crippen LogP) is 1.38. The van der Waals surface area contributed by atoms with Gasteiger partial charge in [-0.05, 0) is 12.3 Å². The molecule has 7 heteroatoms. The summed E-state index contributed by atoms with van der Waals surface area (Å²) in [5, 5.41) is 2.91. The molecule has 0 spiro atoms. The van der Waals surface area contributed by atoms with Crippen LogP contribution < -0.4 is 16.0 Å². The number of amides is 2. The number of rotatable bonds is 3. The number of anilines is 1. The number of benzene rings is 1. The van der Waals surface area contributed by atoms with Gasteiger partial charge in [-0.1, -0.05) is 19.5 Å². The Morgan fingerprint density at radius 2 is 2.17 bits per heavy atom. The first-order chi connectivity index (χ1) is 11.0. The summed E-state index contributed by atoms with van der Waals surface area (Å²) in [7, 11) is 0. The maximum atomic E-state index is 12.0. The molecule has 3 N–H and O–H groups in total. The van der Waals surface area contributed by atoms with Crippen molar-refractivity contribution in [1.29, 1.82) is 0 Å². The maximum absolute atomic E-state index is 12.0. The van der Waals surface area contributed by atoms with Crippen LogP contribution >= 0.6 is 0 Å². The number of ether oxygens (including phenoxy) is 1. The molecule has 2 saturated heterocycles. The molecule has 6 nitrogen and oxygen atoms in total. The van der Waals surface area contributed by atoms with Crippen molar-refractivity contribution in [3.8, 4) is 0 Å². The van der Waals surface area contributed by atoms with Gasteiger partial charge in [0.25, 0.3) is 0 Å². The Labute approximate surface area is 167 Å². The Morgan fingerprint density at radius 3 is 2.75 bits per heavy atom. The second-order valence-electron chi connectivity index (χ2n) is 6.27. The molecular formula is C17H22N3O3Y-. The zero-order chi connectivity index (χ0) is 16.6. The van der Waals surface area contributed by atoms with Crippen LogP contribution in [-0.4, -0.2) is 37.7 Å². The summed E-state index contributed by atoms with van der Waals surface area (Å²) in [6.45, 7) is 5.41. The van der Waals surface area contributed by atoms with Crippen LogP contribution in [0.1, 0.15) is 35.4 Å². The van der Waals surface area contributed by atoms with Gasteiger partial charge in [0, 0.05) is 52.2 Å².